The summed E-state index contributed by atoms with van der Waals surface area (Å²) in [4.78, 5) is 12.6. The maximum Gasteiger partial charge on any atom is 0.265 e. The maximum atomic E-state index is 12.6. The molecule has 0 spiro atoms. The second-order valence-electron chi connectivity index (χ2n) is 6.71. The minimum absolute atomic E-state index is 0.132. The quantitative estimate of drug-likeness (QED) is 0.826. The van der Waals surface area contributed by atoms with Crippen LogP contribution in [0.25, 0.3) is 0 Å². The normalized spacial score (nSPS) is 12.1. The molecule has 0 saturated heterocycles. The van der Waals surface area contributed by atoms with Crippen molar-refractivity contribution in [2.45, 2.75) is 53.6 Å². The van der Waals surface area contributed by atoms with E-state index in [1.807, 2.05) is 51.1 Å². The Hall–Kier alpha value is -2.29. The SMILES string of the molecule is Cc1ccc(C)c(O[C@H](C)C(=O)Nc2c(C)cccc2C(C)C)c1. The number of hydrogen-bond acceptors (Lipinski definition) is 2. The highest BCUT2D eigenvalue weighted by molar-refractivity contribution is 5.95. The van der Waals surface area contributed by atoms with Crippen molar-refractivity contribution in [3.05, 3.63) is 58.7 Å². The number of para-hydroxylation sites is 1. The molecule has 0 unspecified atom stereocenters. The van der Waals surface area contributed by atoms with Crippen molar-refractivity contribution < 1.29 is 9.53 Å². The van der Waals surface area contributed by atoms with Crippen LogP contribution in [0.1, 0.15) is 48.9 Å². The van der Waals surface area contributed by atoms with Crippen LogP contribution in [0.3, 0.4) is 0 Å². The molecule has 0 fully saturated rings. The molecule has 24 heavy (non-hydrogen) atoms. The first kappa shape index (κ1) is 18.1. The van der Waals surface area contributed by atoms with Crippen LogP contribution < -0.4 is 10.1 Å². The molecule has 3 heteroatoms. The van der Waals surface area contributed by atoms with Gasteiger partial charge in [-0.1, -0.05) is 44.2 Å². The smallest absolute Gasteiger partial charge is 0.265 e. The lowest BCUT2D eigenvalue weighted by Gasteiger charge is -2.20. The van der Waals surface area contributed by atoms with Crippen LogP contribution in [-0.2, 0) is 4.79 Å². The summed E-state index contributed by atoms with van der Waals surface area (Å²) >= 11 is 0. The van der Waals surface area contributed by atoms with Crippen LogP contribution in [0.15, 0.2) is 36.4 Å². The van der Waals surface area contributed by atoms with E-state index in [-0.39, 0.29) is 5.91 Å². The molecule has 1 amide bonds. The fourth-order valence-corrected chi connectivity index (χ4v) is 2.65. The molecule has 0 bridgehead atoms. The molecule has 0 aliphatic rings. The summed E-state index contributed by atoms with van der Waals surface area (Å²) < 4.78 is 5.89. The lowest BCUT2D eigenvalue weighted by molar-refractivity contribution is -0.122. The Bertz CT molecular complexity index is 735. The number of nitrogens with one attached hydrogen (secondary N) is 1. The molecular formula is C21H27NO2. The first-order chi connectivity index (χ1) is 11.3. The van der Waals surface area contributed by atoms with Crippen LogP contribution >= 0.6 is 0 Å². The summed E-state index contributed by atoms with van der Waals surface area (Å²) in [5, 5.41) is 3.05. The lowest BCUT2D eigenvalue weighted by Crippen LogP contribution is -2.31. The zero-order chi connectivity index (χ0) is 17.9. The van der Waals surface area contributed by atoms with Gasteiger partial charge in [0.15, 0.2) is 6.10 Å². The fourth-order valence-electron chi connectivity index (χ4n) is 2.65. The van der Waals surface area contributed by atoms with Gasteiger partial charge in [0, 0.05) is 5.69 Å². The van der Waals surface area contributed by atoms with Crippen molar-refractivity contribution in [1.82, 2.24) is 0 Å². The predicted octanol–water partition coefficient (Wildman–Crippen LogP) is 5.14. The molecule has 1 N–H and O–H groups in total. The number of rotatable bonds is 5. The second kappa shape index (κ2) is 7.52. The number of ether oxygens (including phenoxy) is 1. The van der Waals surface area contributed by atoms with Crippen molar-refractivity contribution in [2.24, 2.45) is 0 Å². The van der Waals surface area contributed by atoms with E-state index in [4.69, 9.17) is 4.74 Å². The minimum Gasteiger partial charge on any atom is -0.481 e. The van der Waals surface area contributed by atoms with Crippen LogP contribution in [0.5, 0.6) is 5.75 Å². The predicted molar refractivity (Wildman–Crippen MR) is 99.9 cm³/mol. The summed E-state index contributed by atoms with van der Waals surface area (Å²) in [6.45, 7) is 12.0. The molecule has 0 heterocycles. The van der Waals surface area contributed by atoms with Gasteiger partial charge in [-0.25, -0.2) is 0 Å². The van der Waals surface area contributed by atoms with Crippen molar-refractivity contribution >= 4 is 11.6 Å². The van der Waals surface area contributed by atoms with E-state index < -0.39 is 6.10 Å². The van der Waals surface area contributed by atoms with Crippen molar-refractivity contribution in [2.75, 3.05) is 5.32 Å². The van der Waals surface area contributed by atoms with E-state index in [0.717, 1.165) is 33.7 Å². The van der Waals surface area contributed by atoms with Crippen LogP contribution in [0.2, 0.25) is 0 Å². The highest BCUT2D eigenvalue weighted by Crippen LogP contribution is 2.28. The Labute approximate surface area is 145 Å². The van der Waals surface area contributed by atoms with E-state index in [2.05, 4.69) is 25.2 Å². The molecule has 3 nitrogen and oxygen atoms in total. The van der Waals surface area contributed by atoms with Crippen LogP contribution in [0, 0.1) is 20.8 Å². The molecule has 2 aromatic rings. The topological polar surface area (TPSA) is 38.3 Å². The van der Waals surface area contributed by atoms with Gasteiger partial charge in [0.25, 0.3) is 5.91 Å². The van der Waals surface area contributed by atoms with Crippen molar-refractivity contribution in [1.29, 1.82) is 0 Å². The Morgan fingerprint density at radius 3 is 2.38 bits per heavy atom. The van der Waals surface area contributed by atoms with Crippen LogP contribution in [-0.4, -0.2) is 12.0 Å². The molecule has 1 atom stereocenters. The molecule has 0 aromatic heterocycles. The highest BCUT2D eigenvalue weighted by Gasteiger charge is 2.19. The number of carbonyl (C=O) groups is 1. The molecule has 128 valence electrons. The van der Waals surface area contributed by atoms with Crippen molar-refractivity contribution in [3.8, 4) is 5.75 Å². The number of carbonyl (C=O) groups excluding carboxylic acids is 1. The third kappa shape index (κ3) is 4.16. The molecule has 0 aliphatic heterocycles. The fraction of sp³-hybridized carbons (Fsp3) is 0.381. The lowest BCUT2D eigenvalue weighted by atomic mass is 9.98. The van der Waals surface area contributed by atoms with E-state index in [1.54, 1.807) is 6.92 Å². The monoisotopic (exact) mass is 325 g/mol. The summed E-state index contributed by atoms with van der Waals surface area (Å²) in [5.41, 5.74) is 5.24. The zero-order valence-electron chi connectivity index (χ0n) is 15.4. The molecule has 2 rings (SSSR count). The summed E-state index contributed by atoms with van der Waals surface area (Å²) in [6, 6.07) is 12.1. The first-order valence-electron chi connectivity index (χ1n) is 8.44. The number of hydrogen-bond donors (Lipinski definition) is 1. The van der Waals surface area contributed by atoms with Gasteiger partial charge in [0.2, 0.25) is 0 Å². The molecule has 2 aromatic carbocycles. The average Bonchev–Trinajstić information content (AvgIpc) is 2.52. The Morgan fingerprint density at radius 1 is 1.00 bits per heavy atom. The Kier molecular flexibility index (Phi) is 5.66. The van der Waals surface area contributed by atoms with Gasteiger partial charge in [-0.2, -0.15) is 0 Å². The van der Waals surface area contributed by atoms with Gasteiger partial charge in [0.05, 0.1) is 0 Å². The standard InChI is InChI=1S/C21H27NO2/c1-13(2)18-9-7-8-16(5)20(18)22-21(23)17(6)24-19-12-14(3)10-11-15(19)4/h7-13,17H,1-6H3,(H,22,23)/t17-/m1/s1. The molecule has 0 radical (unpaired) electrons. The van der Waals surface area contributed by atoms with E-state index in [1.165, 1.54) is 0 Å². The van der Waals surface area contributed by atoms with Crippen LogP contribution in [0.4, 0.5) is 5.69 Å². The average molecular weight is 325 g/mol. The van der Waals surface area contributed by atoms with Gasteiger partial charge in [0.1, 0.15) is 5.75 Å². The Morgan fingerprint density at radius 2 is 1.71 bits per heavy atom. The van der Waals surface area contributed by atoms with E-state index in [0.29, 0.717) is 5.92 Å². The highest BCUT2D eigenvalue weighted by atomic mass is 16.5. The zero-order valence-corrected chi connectivity index (χ0v) is 15.4. The van der Waals surface area contributed by atoms with Gasteiger partial charge in [-0.15, -0.1) is 0 Å². The number of amides is 1. The summed E-state index contributed by atoms with van der Waals surface area (Å²) in [6.07, 6.45) is -0.565. The second-order valence-corrected chi connectivity index (χ2v) is 6.71. The number of anilines is 1. The molecular weight excluding hydrogens is 298 g/mol. The summed E-state index contributed by atoms with van der Waals surface area (Å²) in [5.74, 6) is 0.967. The summed E-state index contributed by atoms with van der Waals surface area (Å²) in [7, 11) is 0. The minimum atomic E-state index is -0.565. The Balaban J connectivity index is 2.17. The molecule has 0 saturated carbocycles. The number of benzene rings is 2. The van der Waals surface area contributed by atoms with Gasteiger partial charge >= 0.3 is 0 Å². The van der Waals surface area contributed by atoms with Gasteiger partial charge in [-0.05, 0) is 61.9 Å². The van der Waals surface area contributed by atoms with Crippen molar-refractivity contribution in [3.63, 3.8) is 0 Å². The maximum absolute atomic E-state index is 12.6. The molecule has 0 aliphatic carbocycles. The third-order valence-electron chi connectivity index (χ3n) is 4.19. The largest absolute Gasteiger partial charge is 0.481 e. The van der Waals surface area contributed by atoms with Gasteiger partial charge in [-0.3, -0.25) is 4.79 Å². The third-order valence-corrected chi connectivity index (χ3v) is 4.19. The first-order valence-corrected chi connectivity index (χ1v) is 8.44. The number of aryl methyl sites for hydroxylation is 3. The van der Waals surface area contributed by atoms with E-state index in [9.17, 15) is 4.79 Å². The van der Waals surface area contributed by atoms with E-state index >= 15 is 0 Å². The van der Waals surface area contributed by atoms with Gasteiger partial charge < -0.3 is 10.1 Å².